The van der Waals surface area contributed by atoms with Crippen LogP contribution in [0.15, 0.2) is 48.5 Å². The summed E-state index contributed by atoms with van der Waals surface area (Å²) >= 11 is 5.93. The molecule has 6 heteroatoms. The van der Waals surface area contributed by atoms with E-state index in [1.165, 1.54) is 24.8 Å². The van der Waals surface area contributed by atoms with Gasteiger partial charge in [0.2, 0.25) is 0 Å². The molecule has 1 fully saturated rings. The topological polar surface area (TPSA) is 50.8 Å². The summed E-state index contributed by atoms with van der Waals surface area (Å²) in [6.45, 7) is 6.16. The van der Waals surface area contributed by atoms with E-state index >= 15 is 0 Å². The molecule has 1 aliphatic rings. The van der Waals surface area contributed by atoms with Crippen LogP contribution in [-0.4, -0.2) is 43.2 Å². The zero-order valence-corrected chi connectivity index (χ0v) is 18.7. The number of hydrogen-bond donors (Lipinski definition) is 1. The lowest BCUT2D eigenvalue weighted by Gasteiger charge is -2.36. The molecule has 1 atom stereocenters. The Morgan fingerprint density at radius 1 is 1.03 bits per heavy atom. The molecule has 162 valence electrons. The van der Waals surface area contributed by atoms with E-state index in [1.807, 2.05) is 12.1 Å². The van der Waals surface area contributed by atoms with Crippen molar-refractivity contribution in [2.45, 2.75) is 44.8 Å². The minimum absolute atomic E-state index is 0.117. The van der Waals surface area contributed by atoms with Gasteiger partial charge in [-0.1, -0.05) is 30.2 Å². The Morgan fingerprint density at radius 3 is 2.23 bits per heavy atom. The maximum atomic E-state index is 13.0. The van der Waals surface area contributed by atoms with Crippen molar-refractivity contribution in [1.29, 1.82) is 0 Å². The molecule has 0 aliphatic carbocycles. The van der Waals surface area contributed by atoms with Gasteiger partial charge in [0.15, 0.2) is 5.60 Å². The third-order valence-electron chi connectivity index (χ3n) is 5.52. The highest BCUT2D eigenvalue weighted by atomic mass is 35.5. The Bertz CT molecular complexity index is 815. The number of piperidine rings is 1. The standard InChI is InChI=1S/C24H31ClN2O3/c1-24(2,30-21-13-9-19(25)10-14-21)23(28)26-17-22(27-15-5-4-6-16-27)18-7-11-20(29-3)12-8-18/h7-14,22H,4-6,15-17H2,1-3H3,(H,26,28)/t22-/m1/s1. The average molecular weight is 431 g/mol. The van der Waals surface area contributed by atoms with Gasteiger partial charge < -0.3 is 14.8 Å². The summed E-state index contributed by atoms with van der Waals surface area (Å²) < 4.78 is 11.2. The van der Waals surface area contributed by atoms with Gasteiger partial charge in [-0.15, -0.1) is 0 Å². The van der Waals surface area contributed by atoms with Crippen molar-refractivity contribution in [3.63, 3.8) is 0 Å². The van der Waals surface area contributed by atoms with E-state index in [9.17, 15) is 4.79 Å². The van der Waals surface area contributed by atoms with Crippen LogP contribution in [0, 0.1) is 0 Å². The maximum absolute atomic E-state index is 13.0. The lowest BCUT2D eigenvalue weighted by molar-refractivity contribution is -0.134. The first kappa shape index (κ1) is 22.4. The number of rotatable bonds is 8. The summed E-state index contributed by atoms with van der Waals surface area (Å²) in [5.41, 5.74) is 0.176. The van der Waals surface area contributed by atoms with Gasteiger partial charge in [-0.3, -0.25) is 9.69 Å². The second-order valence-corrected chi connectivity index (χ2v) is 8.60. The number of carbonyl (C=O) groups excluding carboxylic acids is 1. The largest absolute Gasteiger partial charge is 0.497 e. The molecule has 0 spiro atoms. The molecular weight excluding hydrogens is 400 g/mol. The maximum Gasteiger partial charge on any atom is 0.263 e. The molecule has 1 saturated heterocycles. The predicted octanol–water partition coefficient (Wildman–Crippen LogP) is 4.85. The van der Waals surface area contributed by atoms with Crippen LogP contribution in [0.4, 0.5) is 0 Å². The summed E-state index contributed by atoms with van der Waals surface area (Å²) in [5, 5.41) is 3.75. The molecule has 1 heterocycles. The first-order valence-electron chi connectivity index (χ1n) is 10.5. The number of carbonyl (C=O) groups is 1. The Balaban J connectivity index is 1.68. The van der Waals surface area contributed by atoms with Gasteiger partial charge in [-0.2, -0.15) is 0 Å². The Hall–Kier alpha value is -2.24. The van der Waals surface area contributed by atoms with E-state index in [-0.39, 0.29) is 11.9 Å². The molecule has 2 aromatic rings. The molecule has 1 N–H and O–H groups in total. The Morgan fingerprint density at radius 2 is 1.63 bits per heavy atom. The number of amides is 1. The van der Waals surface area contributed by atoms with E-state index in [0.29, 0.717) is 17.3 Å². The summed E-state index contributed by atoms with van der Waals surface area (Å²) in [4.78, 5) is 15.4. The number of nitrogens with one attached hydrogen (secondary N) is 1. The smallest absolute Gasteiger partial charge is 0.263 e. The van der Waals surface area contributed by atoms with Crippen molar-refractivity contribution in [1.82, 2.24) is 10.2 Å². The van der Waals surface area contributed by atoms with E-state index in [1.54, 1.807) is 45.2 Å². The van der Waals surface area contributed by atoms with E-state index < -0.39 is 5.60 Å². The van der Waals surface area contributed by atoms with Crippen molar-refractivity contribution in [3.05, 3.63) is 59.1 Å². The highest BCUT2D eigenvalue weighted by Gasteiger charge is 2.31. The van der Waals surface area contributed by atoms with Gasteiger partial charge in [0, 0.05) is 11.6 Å². The molecule has 0 bridgehead atoms. The van der Waals surface area contributed by atoms with Gasteiger partial charge in [0.1, 0.15) is 11.5 Å². The third kappa shape index (κ3) is 5.89. The molecule has 1 aliphatic heterocycles. The van der Waals surface area contributed by atoms with Crippen LogP contribution in [0.1, 0.15) is 44.7 Å². The lowest BCUT2D eigenvalue weighted by atomic mass is 10.0. The van der Waals surface area contributed by atoms with Crippen molar-refractivity contribution in [3.8, 4) is 11.5 Å². The number of hydrogen-bond acceptors (Lipinski definition) is 4. The van der Waals surface area contributed by atoms with Crippen LogP contribution in [0.25, 0.3) is 0 Å². The van der Waals surface area contributed by atoms with Gasteiger partial charge in [0.25, 0.3) is 5.91 Å². The molecule has 30 heavy (non-hydrogen) atoms. The van der Waals surface area contributed by atoms with Crippen LogP contribution < -0.4 is 14.8 Å². The summed E-state index contributed by atoms with van der Waals surface area (Å²) in [7, 11) is 1.67. The van der Waals surface area contributed by atoms with Crippen LogP contribution in [0.2, 0.25) is 5.02 Å². The molecular formula is C24H31ClN2O3. The van der Waals surface area contributed by atoms with E-state index in [0.717, 1.165) is 18.8 Å². The number of benzene rings is 2. The number of likely N-dealkylation sites (tertiary alicyclic amines) is 1. The minimum atomic E-state index is -1.000. The molecule has 0 saturated carbocycles. The highest BCUT2D eigenvalue weighted by Crippen LogP contribution is 2.26. The van der Waals surface area contributed by atoms with Crippen LogP contribution in [0.5, 0.6) is 11.5 Å². The molecule has 5 nitrogen and oxygen atoms in total. The molecule has 0 aromatic heterocycles. The fraction of sp³-hybridized carbons (Fsp3) is 0.458. The lowest BCUT2D eigenvalue weighted by Crippen LogP contribution is -2.49. The Kier molecular flexibility index (Phi) is 7.62. The fourth-order valence-electron chi connectivity index (χ4n) is 3.76. The van der Waals surface area contributed by atoms with Crippen LogP contribution in [0.3, 0.4) is 0 Å². The van der Waals surface area contributed by atoms with Crippen molar-refractivity contribution in [2.75, 3.05) is 26.7 Å². The predicted molar refractivity (Wildman–Crippen MR) is 120 cm³/mol. The molecule has 0 unspecified atom stereocenters. The number of ether oxygens (including phenoxy) is 2. The second kappa shape index (κ2) is 10.2. The van der Waals surface area contributed by atoms with Gasteiger partial charge in [-0.25, -0.2) is 0 Å². The molecule has 0 radical (unpaired) electrons. The van der Waals surface area contributed by atoms with Crippen LogP contribution in [-0.2, 0) is 4.79 Å². The number of methoxy groups -OCH3 is 1. The summed E-state index contributed by atoms with van der Waals surface area (Å²) in [6.07, 6.45) is 3.64. The van der Waals surface area contributed by atoms with Gasteiger partial charge in [0.05, 0.1) is 13.2 Å². The van der Waals surface area contributed by atoms with E-state index in [4.69, 9.17) is 21.1 Å². The molecule has 1 amide bonds. The third-order valence-corrected chi connectivity index (χ3v) is 5.77. The quantitative estimate of drug-likeness (QED) is 0.650. The fourth-order valence-corrected chi connectivity index (χ4v) is 3.89. The van der Waals surface area contributed by atoms with Crippen molar-refractivity contribution < 1.29 is 14.3 Å². The first-order chi connectivity index (χ1) is 14.4. The van der Waals surface area contributed by atoms with E-state index in [2.05, 4.69) is 22.3 Å². The number of nitrogens with zero attached hydrogens (tertiary/aromatic N) is 1. The molecule has 2 aromatic carbocycles. The average Bonchev–Trinajstić information content (AvgIpc) is 2.76. The van der Waals surface area contributed by atoms with Crippen molar-refractivity contribution >= 4 is 17.5 Å². The summed E-state index contributed by atoms with van der Waals surface area (Å²) in [6, 6.07) is 15.3. The highest BCUT2D eigenvalue weighted by molar-refractivity contribution is 6.30. The van der Waals surface area contributed by atoms with Crippen LogP contribution >= 0.6 is 11.6 Å². The number of halogens is 1. The molecule has 3 rings (SSSR count). The monoisotopic (exact) mass is 430 g/mol. The second-order valence-electron chi connectivity index (χ2n) is 8.16. The van der Waals surface area contributed by atoms with Gasteiger partial charge in [-0.05, 0) is 81.7 Å². The SMILES string of the molecule is COc1ccc([C@@H](CNC(=O)C(C)(C)Oc2ccc(Cl)cc2)N2CCCCC2)cc1. The Labute approximate surface area is 184 Å². The normalized spacial score (nSPS) is 16.0. The summed E-state index contributed by atoms with van der Waals surface area (Å²) in [5.74, 6) is 1.30. The zero-order chi connectivity index (χ0) is 21.6. The first-order valence-corrected chi connectivity index (χ1v) is 10.9. The van der Waals surface area contributed by atoms with Gasteiger partial charge >= 0.3 is 0 Å². The zero-order valence-electron chi connectivity index (χ0n) is 18.0. The van der Waals surface area contributed by atoms with Crippen molar-refractivity contribution in [2.24, 2.45) is 0 Å². The minimum Gasteiger partial charge on any atom is -0.497 e.